The van der Waals surface area contributed by atoms with Gasteiger partial charge in [-0.15, -0.1) is 6.42 Å². The molecule has 3 aliphatic heterocycles. The first kappa shape index (κ1) is 27.1. The molecule has 2 N–H and O–H groups in total. The molecule has 0 spiro atoms. The lowest BCUT2D eigenvalue weighted by Gasteiger charge is -2.34. The third kappa shape index (κ3) is 4.56. The Labute approximate surface area is 246 Å². The quantitative estimate of drug-likeness (QED) is 0.251. The predicted molar refractivity (Wildman–Crippen MR) is 158 cm³/mol. The standard InChI is InChI=1S/C31H29ClF2N6O2/c1-3-21-23(33)9-6-16-11-20(41)12-22(24(16)21)27-26(34)28-25(29(32)36-27)30(40-13-17-7-8-18(14-40)35-17)38-31(37-28)42-15-19-5-4-10-39(19)2/h1,6,9,11-12,17-19,35,41H,4-5,7-8,10,13-15H2,2H3/t17?,18?,19-/m0/s1. The Morgan fingerprint density at radius 1 is 1.12 bits per heavy atom. The topological polar surface area (TPSA) is 86.6 Å². The van der Waals surface area contributed by atoms with E-state index in [2.05, 4.69) is 38.1 Å². The summed E-state index contributed by atoms with van der Waals surface area (Å²) in [6, 6.07) is 6.26. The fourth-order valence-corrected chi connectivity index (χ4v) is 6.91. The number of ether oxygens (including phenoxy) is 1. The lowest BCUT2D eigenvalue weighted by Crippen LogP contribution is -2.51. The molecule has 2 unspecified atom stereocenters. The van der Waals surface area contributed by atoms with Gasteiger partial charge < -0.3 is 25.0 Å². The minimum absolute atomic E-state index is 0.0143. The molecule has 0 radical (unpaired) electrons. The van der Waals surface area contributed by atoms with Crippen LogP contribution in [0.25, 0.3) is 32.9 Å². The van der Waals surface area contributed by atoms with E-state index < -0.39 is 11.6 Å². The van der Waals surface area contributed by atoms with Gasteiger partial charge in [0.25, 0.3) is 0 Å². The van der Waals surface area contributed by atoms with E-state index in [4.69, 9.17) is 27.7 Å². The highest BCUT2D eigenvalue weighted by atomic mass is 35.5. The van der Waals surface area contributed by atoms with Crippen LogP contribution >= 0.6 is 11.6 Å². The van der Waals surface area contributed by atoms with E-state index in [9.17, 15) is 9.50 Å². The molecule has 0 aliphatic carbocycles. The van der Waals surface area contributed by atoms with E-state index in [1.165, 1.54) is 24.3 Å². The van der Waals surface area contributed by atoms with E-state index in [0.29, 0.717) is 30.9 Å². The number of halogens is 3. The van der Waals surface area contributed by atoms with Crippen molar-refractivity contribution in [1.82, 2.24) is 25.2 Å². The zero-order valence-corrected chi connectivity index (χ0v) is 23.8. The minimum atomic E-state index is -0.793. The number of terminal acetylenes is 1. The first-order valence-electron chi connectivity index (χ1n) is 14.1. The first-order valence-corrected chi connectivity index (χ1v) is 14.5. The molecule has 0 saturated carbocycles. The lowest BCUT2D eigenvalue weighted by atomic mass is 9.96. The summed E-state index contributed by atoms with van der Waals surface area (Å²) in [6.45, 7) is 2.70. The largest absolute Gasteiger partial charge is 0.508 e. The van der Waals surface area contributed by atoms with Crippen molar-refractivity contribution < 1.29 is 18.6 Å². The number of hydrogen-bond donors (Lipinski definition) is 2. The molecule has 2 bridgehead atoms. The molecule has 2 aromatic heterocycles. The zero-order valence-electron chi connectivity index (χ0n) is 23.0. The molecular formula is C31H29ClF2N6O2. The van der Waals surface area contributed by atoms with Gasteiger partial charge >= 0.3 is 6.01 Å². The predicted octanol–water partition coefficient (Wildman–Crippen LogP) is 4.88. The summed E-state index contributed by atoms with van der Waals surface area (Å²) >= 11 is 6.82. The number of likely N-dealkylation sites (N-methyl/N-ethyl adjacent to an activating group) is 1. The normalized spacial score (nSPS) is 22.3. The van der Waals surface area contributed by atoms with Crippen LogP contribution in [0.1, 0.15) is 31.2 Å². The van der Waals surface area contributed by atoms with Gasteiger partial charge in [0.15, 0.2) is 5.82 Å². The van der Waals surface area contributed by atoms with Crippen molar-refractivity contribution >= 4 is 39.1 Å². The van der Waals surface area contributed by atoms with E-state index >= 15 is 4.39 Å². The van der Waals surface area contributed by atoms with Crippen molar-refractivity contribution in [2.75, 3.05) is 38.2 Å². The molecule has 3 atom stereocenters. The maximum Gasteiger partial charge on any atom is 0.319 e. The van der Waals surface area contributed by atoms with E-state index in [0.717, 1.165) is 32.2 Å². The van der Waals surface area contributed by atoms with Crippen LogP contribution in [0, 0.1) is 24.0 Å². The molecule has 3 saturated heterocycles. The second-order valence-electron chi connectivity index (χ2n) is 11.4. The average molecular weight is 591 g/mol. The van der Waals surface area contributed by atoms with Gasteiger partial charge in [-0.3, -0.25) is 0 Å². The van der Waals surface area contributed by atoms with Gasteiger partial charge in [0.2, 0.25) is 0 Å². The fraction of sp³-hybridized carbons (Fsp3) is 0.387. The van der Waals surface area contributed by atoms with Gasteiger partial charge in [0, 0.05) is 42.2 Å². The number of likely N-dealkylation sites (tertiary alicyclic amines) is 1. The summed E-state index contributed by atoms with van der Waals surface area (Å²) in [5, 5.41) is 15.0. The Morgan fingerprint density at radius 2 is 1.90 bits per heavy atom. The average Bonchev–Trinajstić information content (AvgIpc) is 3.55. The molecule has 0 amide bonds. The van der Waals surface area contributed by atoms with Crippen molar-refractivity contribution in [2.45, 2.75) is 43.8 Å². The number of phenolic OH excluding ortho intramolecular Hbond substituents is 1. The molecule has 3 aliphatic rings. The number of fused-ring (bicyclic) bond motifs is 4. The number of benzene rings is 2. The number of aromatic nitrogens is 3. The summed E-state index contributed by atoms with van der Waals surface area (Å²) in [6.07, 6.45) is 9.82. The molecule has 216 valence electrons. The Bertz CT molecular complexity index is 1770. The van der Waals surface area contributed by atoms with Gasteiger partial charge in [0.1, 0.15) is 40.4 Å². The fourth-order valence-electron chi connectivity index (χ4n) is 6.65. The molecule has 42 heavy (non-hydrogen) atoms. The Morgan fingerprint density at radius 3 is 2.62 bits per heavy atom. The van der Waals surface area contributed by atoms with Crippen LogP contribution < -0.4 is 15.0 Å². The van der Waals surface area contributed by atoms with Crippen LogP contribution in [0.3, 0.4) is 0 Å². The highest BCUT2D eigenvalue weighted by Gasteiger charge is 2.35. The summed E-state index contributed by atoms with van der Waals surface area (Å²) in [7, 11) is 2.05. The van der Waals surface area contributed by atoms with E-state index in [1.54, 1.807) is 0 Å². The van der Waals surface area contributed by atoms with Crippen molar-refractivity contribution in [3.05, 3.63) is 46.6 Å². The second-order valence-corrected chi connectivity index (χ2v) is 11.8. The number of hydrogen-bond acceptors (Lipinski definition) is 8. The van der Waals surface area contributed by atoms with Crippen molar-refractivity contribution in [2.24, 2.45) is 0 Å². The number of anilines is 1. The van der Waals surface area contributed by atoms with Crippen LogP contribution in [-0.2, 0) is 0 Å². The van der Waals surface area contributed by atoms with Crippen LogP contribution in [0.15, 0.2) is 24.3 Å². The van der Waals surface area contributed by atoms with Gasteiger partial charge in [-0.05, 0) is 62.9 Å². The molecule has 7 rings (SSSR count). The maximum atomic E-state index is 16.7. The van der Waals surface area contributed by atoms with Gasteiger partial charge in [-0.25, -0.2) is 13.8 Å². The third-order valence-electron chi connectivity index (χ3n) is 8.75. The molecule has 3 fully saturated rings. The molecular weight excluding hydrogens is 562 g/mol. The van der Waals surface area contributed by atoms with Gasteiger partial charge in [0.05, 0.1) is 10.9 Å². The lowest BCUT2D eigenvalue weighted by molar-refractivity contribution is 0.188. The highest BCUT2D eigenvalue weighted by molar-refractivity contribution is 6.35. The van der Waals surface area contributed by atoms with Crippen LogP contribution in [0.4, 0.5) is 14.6 Å². The summed E-state index contributed by atoms with van der Waals surface area (Å²) in [5.74, 6) is 1.23. The van der Waals surface area contributed by atoms with Gasteiger partial charge in [-0.1, -0.05) is 23.6 Å². The highest BCUT2D eigenvalue weighted by Crippen LogP contribution is 2.41. The zero-order chi connectivity index (χ0) is 29.1. The SMILES string of the molecule is C#Cc1c(F)ccc2cc(O)cc(-c3nc(Cl)c4c(N5CC6CCC(C5)N6)nc(OC[C@@H]5CCCN5C)nc4c3F)c12. The number of pyridine rings is 1. The Hall–Kier alpha value is -3.78. The molecule has 8 nitrogen and oxygen atoms in total. The molecule has 4 aromatic rings. The smallest absolute Gasteiger partial charge is 0.319 e. The summed E-state index contributed by atoms with van der Waals surface area (Å²) in [4.78, 5) is 18.0. The van der Waals surface area contributed by atoms with Crippen molar-refractivity contribution in [1.29, 1.82) is 0 Å². The first-order chi connectivity index (χ1) is 20.3. The number of piperazine rings is 1. The van der Waals surface area contributed by atoms with Crippen molar-refractivity contribution in [3.63, 3.8) is 0 Å². The van der Waals surface area contributed by atoms with Crippen LogP contribution in [0.2, 0.25) is 5.15 Å². The molecule has 5 heterocycles. The van der Waals surface area contributed by atoms with Crippen LogP contribution in [0.5, 0.6) is 11.8 Å². The third-order valence-corrected chi connectivity index (χ3v) is 9.02. The van der Waals surface area contributed by atoms with E-state index in [-0.39, 0.29) is 68.1 Å². The Balaban J connectivity index is 1.43. The summed E-state index contributed by atoms with van der Waals surface area (Å²) < 4.78 is 37.6. The Kier molecular flexibility index (Phi) is 6.76. The van der Waals surface area contributed by atoms with Crippen LogP contribution in [-0.4, -0.2) is 76.4 Å². The number of nitrogens with one attached hydrogen (secondary N) is 1. The second kappa shape index (κ2) is 10.5. The number of nitrogens with zero attached hydrogens (tertiary/aromatic N) is 5. The monoisotopic (exact) mass is 590 g/mol. The number of phenols is 1. The van der Waals surface area contributed by atoms with Gasteiger partial charge in [-0.2, -0.15) is 9.97 Å². The number of aromatic hydroxyl groups is 1. The van der Waals surface area contributed by atoms with Crippen molar-refractivity contribution in [3.8, 4) is 35.4 Å². The van der Waals surface area contributed by atoms with E-state index in [1.807, 2.05) is 0 Å². The molecule has 2 aromatic carbocycles. The number of rotatable bonds is 5. The molecule has 11 heteroatoms. The minimum Gasteiger partial charge on any atom is -0.508 e. The maximum absolute atomic E-state index is 16.7. The summed E-state index contributed by atoms with van der Waals surface area (Å²) in [5.41, 5.74) is -0.230.